The van der Waals surface area contributed by atoms with Crippen LogP contribution < -0.4 is 10.6 Å². The van der Waals surface area contributed by atoms with Crippen LogP contribution in [0.5, 0.6) is 0 Å². The monoisotopic (exact) mass is 345 g/mol. The van der Waals surface area contributed by atoms with Crippen LogP contribution in [0.2, 0.25) is 0 Å². The van der Waals surface area contributed by atoms with E-state index in [1.54, 1.807) is 23.3 Å². The van der Waals surface area contributed by atoms with Gasteiger partial charge >= 0.3 is 0 Å². The summed E-state index contributed by atoms with van der Waals surface area (Å²) < 4.78 is 0. The van der Waals surface area contributed by atoms with Crippen molar-refractivity contribution in [3.63, 3.8) is 0 Å². The highest BCUT2D eigenvalue weighted by Gasteiger charge is 2.12. The smallest absolute Gasteiger partial charge is 0.238 e. The number of hydrogen-bond acceptors (Lipinski definition) is 4. The lowest BCUT2D eigenvalue weighted by Gasteiger charge is -2.17. The Labute approximate surface area is 146 Å². The lowest BCUT2D eigenvalue weighted by atomic mass is 10.1. The fourth-order valence-electron chi connectivity index (χ4n) is 2.39. The Morgan fingerprint density at radius 3 is 2.33 bits per heavy atom. The summed E-state index contributed by atoms with van der Waals surface area (Å²) >= 11 is 1.61. The van der Waals surface area contributed by atoms with Crippen molar-refractivity contribution in [2.24, 2.45) is 0 Å². The predicted octanol–water partition coefficient (Wildman–Crippen LogP) is 2.55. The number of anilines is 1. The second-order valence-corrected chi connectivity index (χ2v) is 6.88. The summed E-state index contributed by atoms with van der Waals surface area (Å²) in [5.41, 5.74) is 2.90. The Morgan fingerprint density at radius 2 is 1.71 bits per heavy atom. The maximum atomic E-state index is 12.2. The van der Waals surface area contributed by atoms with E-state index >= 15 is 0 Å². The normalized spacial score (nSPS) is 10.7. The van der Waals surface area contributed by atoms with E-state index in [0.717, 1.165) is 21.7 Å². The van der Waals surface area contributed by atoms with Gasteiger partial charge in [-0.05, 0) is 43.5 Å². The van der Waals surface area contributed by atoms with Crippen molar-refractivity contribution in [2.75, 3.05) is 25.5 Å². The Bertz CT molecular complexity index is 678. The number of carbonyl (C=O) groups is 2. The minimum Gasteiger partial charge on any atom is -0.350 e. The van der Waals surface area contributed by atoms with Gasteiger partial charge < -0.3 is 10.6 Å². The molecule has 0 fully saturated rings. The van der Waals surface area contributed by atoms with E-state index in [0.29, 0.717) is 6.54 Å². The van der Waals surface area contributed by atoms with Crippen molar-refractivity contribution in [1.29, 1.82) is 0 Å². The summed E-state index contributed by atoms with van der Waals surface area (Å²) in [6.45, 7) is 4.80. The number of nitrogens with zero attached hydrogens (tertiary/aromatic N) is 1. The molecular weight excluding hydrogens is 322 g/mol. The number of amides is 2. The fourth-order valence-corrected chi connectivity index (χ4v) is 3.04. The molecule has 0 radical (unpaired) electrons. The third kappa shape index (κ3) is 5.47. The molecule has 24 heavy (non-hydrogen) atoms. The summed E-state index contributed by atoms with van der Waals surface area (Å²) in [4.78, 5) is 26.9. The molecule has 0 atom stereocenters. The topological polar surface area (TPSA) is 61.4 Å². The van der Waals surface area contributed by atoms with Crippen molar-refractivity contribution in [1.82, 2.24) is 10.2 Å². The molecule has 0 spiro atoms. The molecule has 1 aromatic carbocycles. The van der Waals surface area contributed by atoms with Gasteiger partial charge in [0.2, 0.25) is 11.8 Å². The number of likely N-dealkylation sites (N-methyl/N-ethyl adjacent to an activating group) is 1. The van der Waals surface area contributed by atoms with E-state index < -0.39 is 0 Å². The number of aryl methyl sites for hydroxylation is 2. The lowest BCUT2D eigenvalue weighted by molar-refractivity contribution is -0.123. The zero-order chi connectivity index (χ0) is 17.5. The highest BCUT2D eigenvalue weighted by Crippen LogP contribution is 2.19. The number of hydrogen-bond donors (Lipinski definition) is 2. The summed E-state index contributed by atoms with van der Waals surface area (Å²) in [5, 5.41) is 7.76. The van der Waals surface area contributed by atoms with Gasteiger partial charge in [0.25, 0.3) is 0 Å². The largest absolute Gasteiger partial charge is 0.350 e. The molecular formula is C18H23N3O2S. The Hall–Kier alpha value is -2.18. The molecule has 0 aliphatic carbocycles. The first-order valence-electron chi connectivity index (χ1n) is 7.79. The van der Waals surface area contributed by atoms with Gasteiger partial charge in [-0.15, -0.1) is 11.3 Å². The third-order valence-electron chi connectivity index (χ3n) is 3.61. The maximum absolute atomic E-state index is 12.2. The molecule has 0 aliphatic heterocycles. The predicted molar refractivity (Wildman–Crippen MR) is 98.2 cm³/mol. The number of thiophene rings is 1. The third-order valence-corrected chi connectivity index (χ3v) is 4.49. The van der Waals surface area contributed by atoms with Crippen molar-refractivity contribution in [3.8, 4) is 0 Å². The van der Waals surface area contributed by atoms with Crippen molar-refractivity contribution < 1.29 is 9.59 Å². The SMILES string of the molecule is Cc1cccc(C)c1NC(=O)CN(C)CC(=O)NCc1cccs1. The summed E-state index contributed by atoms with van der Waals surface area (Å²) in [6, 6.07) is 9.82. The zero-order valence-corrected chi connectivity index (χ0v) is 15.1. The van der Waals surface area contributed by atoms with Gasteiger partial charge in [-0.1, -0.05) is 24.3 Å². The maximum Gasteiger partial charge on any atom is 0.238 e. The first kappa shape index (κ1) is 18.2. The second-order valence-electron chi connectivity index (χ2n) is 5.84. The highest BCUT2D eigenvalue weighted by atomic mass is 32.1. The minimum absolute atomic E-state index is 0.0919. The molecule has 2 amide bonds. The molecule has 0 saturated heterocycles. The summed E-state index contributed by atoms with van der Waals surface area (Å²) in [6.07, 6.45) is 0. The molecule has 6 heteroatoms. The van der Waals surface area contributed by atoms with E-state index in [1.165, 1.54) is 0 Å². The van der Waals surface area contributed by atoms with Gasteiger partial charge in [-0.25, -0.2) is 0 Å². The lowest BCUT2D eigenvalue weighted by Crippen LogP contribution is -2.38. The van der Waals surface area contributed by atoms with Crippen LogP contribution in [0.3, 0.4) is 0 Å². The van der Waals surface area contributed by atoms with E-state index in [9.17, 15) is 9.59 Å². The average Bonchev–Trinajstić information content (AvgIpc) is 3.02. The quantitative estimate of drug-likeness (QED) is 0.811. The molecule has 0 unspecified atom stereocenters. The van der Waals surface area contributed by atoms with Gasteiger partial charge in [0.1, 0.15) is 0 Å². The van der Waals surface area contributed by atoms with Crippen LogP contribution in [0.4, 0.5) is 5.69 Å². The molecule has 1 aromatic heterocycles. The van der Waals surface area contributed by atoms with Crippen LogP contribution >= 0.6 is 11.3 Å². The summed E-state index contributed by atoms with van der Waals surface area (Å²) in [7, 11) is 1.76. The van der Waals surface area contributed by atoms with Crippen molar-refractivity contribution in [2.45, 2.75) is 20.4 Å². The van der Waals surface area contributed by atoms with Gasteiger partial charge in [0, 0.05) is 10.6 Å². The highest BCUT2D eigenvalue weighted by molar-refractivity contribution is 7.09. The van der Waals surface area contributed by atoms with E-state index in [2.05, 4.69) is 10.6 Å². The van der Waals surface area contributed by atoms with Crippen LogP contribution in [-0.4, -0.2) is 36.9 Å². The van der Waals surface area contributed by atoms with Gasteiger partial charge in [0.05, 0.1) is 19.6 Å². The summed E-state index contributed by atoms with van der Waals surface area (Å²) in [5.74, 6) is -0.216. The number of benzene rings is 1. The Kier molecular flexibility index (Phi) is 6.52. The first-order valence-corrected chi connectivity index (χ1v) is 8.67. The molecule has 2 aromatic rings. The van der Waals surface area contributed by atoms with Crippen molar-refractivity contribution >= 4 is 28.8 Å². The van der Waals surface area contributed by atoms with E-state index in [4.69, 9.17) is 0 Å². The molecule has 2 rings (SSSR count). The Balaban J connectivity index is 1.77. The van der Waals surface area contributed by atoms with Gasteiger partial charge in [-0.2, -0.15) is 0 Å². The zero-order valence-electron chi connectivity index (χ0n) is 14.3. The Morgan fingerprint density at radius 1 is 1.04 bits per heavy atom. The van der Waals surface area contributed by atoms with Gasteiger partial charge in [-0.3, -0.25) is 14.5 Å². The fraction of sp³-hybridized carbons (Fsp3) is 0.333. The molecule has 2 N–H and O–H groups in total. The van der Waals surface area contributed by atoms with Crippen LogP contribution in [0.15, 0.2) is 35.7 Å². The van der Waals surface area contributed by atoms with Crippen LogP contribution in [0, 0.1) is 13.8 Å². The van der Waals surface area contributed by atoms with Crippen LogP contribution in [0.1, 0.15) is 16.0 Å². The number of carbonyl (C=O) groups excluding carboxylic acids is 2. The minimum atomic E-state index is -0.124. The molecule has 5 nitrogen and oxygen atoms in total. The van der Waals surface area contributed by atoms with Gasteiger partial charge in [0.15, 0.2) is 0 Å². The van der Waals surface area contributed by atoms with E-state index in [-0.39, 0.29) is 24.9 Å². The second kappa shape index (κ2) is 8.61. The van der Waals surface area contributed by atoms with Crippen LogP contribution in [0.25, 0.3) is 0 Å². The first-order chi connectivity index (χ1) is 11.5. The van der Waals surface area contributed by atoms with Crippen LogP contribution in [-0.2, 0) is 16.1 Å². The standard InChI is InChI=1S/C18H23N3O2S/c1-13-6-4-7-14(2)18(13)20-17(23)12-21(3)11-16(22)19-10-15-8-5-9-24-15/h4-9H,10-12H2,1-3H3,(H,19,22)(H,20,23). The molecule has 0 aliphatic rings. The number of para-hydroxylation sites is 1. The molecule has 128 valence electrons. The molecule has 1 heterocycles. The number of nitrogens with one attached hydrogen (secondary N) is 2. The van der Waals surface area contributed by atoms with E-state index in [1.807, 2.05) is 49.6 Å². The molecule has 0 saturated carbocycles. The number of rotatable bonds is 7. The molecule has 0 bridgehead atoms. The average molecular weight is 345 g/mol. The van der Waals surface area contributed by atoms with Crippen molar-refractivity contribution in [3.05, 3.63) is 51.7 Å².